The number of likely N-dealkylation sites (N-methyl/N-ethyl adjacent to an activating group) is 1. The number of benzene rings is 1. The van der Waals surface area contributed by atoms with Gasteiger partial charge >= 0.3 is 0 Å². The molecule has 33 heavy (non-hydrogen) atoms. The van der Waals surface area contributed by atoms with E-state index in [2.05, 4.69) is 32.2 Å². The Morgan fingerprint density at radius 1 is 1.15 bits per heavy atom. The van der Waals surface area contributed by atoms with Gasteiger partial charge < -0.3 is 10.2 Å². The lowest BCUT2D eigenvalue weighted by atomic mass is 9.46. The highest BCUT2D eigenvalue weighted by molar-refractivity contribution is 5.94. The van der Waals surface area contributed by atoms with E-state index in [1.807, 2.05) is 11.9 Å². The maximum absolute atomic E-state index is 14.2. The molecule has 4 aliphatic rings. The minimum absolute atomic E-state index is 0.0345. The van der Waals surface area contributed by atoms with Crippen LogP contribution in [0.15, 0.2) is 30.4 Å². The average molecular weight is 457 g/mol. The summed E-state index contributed by atoms with van der Waals surface area (Å²) in [6, 6.07) is 3.92. The van der Waals surface area contributed by atoms with Crippen molar-refractivity contribution in [3.63, 3.8) is 0 Å². The summed E-state index contributed by atoms with van der Waals surface area (Å²) in [7, 11) is 1.93. The van der Waals surface area contributed by atoms with Crippen molar-refractivity contribution in [3.8, 4) is 0 Å². The molecule has 0 radical (unpaired) electrons. The van der Waals surface area contributed by atoms with E-state index >= 15 is 0 Å². The quantitative estimate of drug-likeness (QED) is 0.685. The second-order valence-electron chi connectivity index (χ2n) is 11.4. The van der Waals surface area contributed by atoms with Crippen molar-refractivity contribution in [1.29, 1.82) is 0 Å². The summed E-state index contributed by atoms with van der Waals surface area (Å²) in [6.45, 7) is 6.93. The van der Waals surface area contributed by atoms with Crippen molar-refractivity contribution in [2.75, 3.05) is 7.05 Å². The first-order valence-corrected chi connectivity index (χ1v) is 12.3. The minimum atomic E-state index is -1.08. The van der Waals surface area contributed by atoms with Gasteiger partial charge in [-0.05, 0) is 79.4 Å². The van der Waals surface area contributed by atoms with Gasteiger partial charge in [0.2, 0.25) is 5.91 Å². The Hall–Kier alpha value is -2.24. The van der Waals surface area contributed by atoms with Crippen molar-refractivity contribution in [1.82, 2.24) is 10.2 Å². The zero-order chi connectivity index (χ0) is 23.7. The third kappa shape index (κ3) is 3.19. The van der Waals surface area contributed by atoms with Crippen LogP contribution >= 0.6 is 0 Å². The number of carbonyl (C=O) groups is 2. The molecule has 3 fully saturated rings. The molecule has 4 nitrogen and oxygen atoms in total. The summed E-state index contributed by atoms with van der Waals surface area (Å²) in [6.07, 6.45) is 8.82. The van der Waals surface area contributed by atoms with Crippen LogP contribution in [0.5, 0.6) is 0 Å². The molecule has 1 aliphatic heterocycles. The fourth-order valence-corrected chi connectivity index (χ4v) is 8.21. The van der Waals surface area contributed by atoms with Crippen LogP contribution in [-0.2, 0) is 4.79 Å². The predicted molar refractivity (Wildman–Crippen MR) is 122 cm³/mol. The molecule has 1 aromatic carbocycles. The number of nitrogens with zero attached hydrogens (tertiary/aromatic N) is 1. The van der Waals surface area contributed by atoms with E-state index in [0.717, 1.165) is 38.2 Å². The molecule has 0 spiro atoms. The molecule has 8 atom stereocenters. The molecular weight excluding hydrogens is 422 g/mol. The zero-order valence-corrected chi connectivity index (χ0v) is 19.9. The number of amides is 2. The van der Waals surface area contributed by atoms with Crippen molar-refractivity contribution in [2.45, 2.75) is 65.0 Å². The molecule has 3 saturated carbocycles. The number of fused-ring (bicyclic) bond motifs is 5. The second-order valence-corrected chi connectivity index (χ2v) is 11.4. The number of halogens is 2. The van der Waals surface area contributed by atoms with Gasteiger partial charge in [-0.15, -0.1) is 0 Å². The van der Waals surface area contributed by atoms with Gasteiger partial charge in [0.25, 0.3) is 5.91 Å². The Bertz CT molecular complexity index is 1030. The van der Waals surface area contributed by atoms with Gasteiger partial charge in [0, 0.05) is 24.5 Å². The first-order chi connectivity index (χ1) is 15.6. The number of hydrogen-bond acceptors (Lipinski definition) is 2. The normalized spacial score (nSPS) is 41.9. The highest BCUT2D eigenvalue weighted by Crippen LogP contribution is 2.65. The van der Waals surface area contributed by atoms with E-state index in [0.29, 0.717) is 23.7 Å². The SMILES string of the molecule is CC1CC2N(C)C(=O)C=C[C@]2(C)[C@@H]2CC[C@]3(C)C(NC(=O)c4cccc(F)c4F)CC[C@H]3[C@H]12. The number of hydrogen-bond donors (Lipinski definition) is 1. The van der Waals surface area contributed by atoms with Crippen molar-refractivity contribution < 1.29 is 18.4 Å². The lowest BCUT2D eigenvalue weighted by molar-refractivity contribution is -0.143. The van der Waals surface area contributed by atoms with Crippen molar-refractivity contribution in [3.05, 3.63) is 47.5 Å². The maximum Gasteiger partial charge on any atom is 0.254 e. The summed E-state index contributed by atoms with van der Waals surface area (Å²) < 4.78 is 27.9. The van der Waals surface area contributed by atoms with Gasteiger partial charge in [0.1, 0.15) is 0 Å². The average Bonchev–Trinajstić information content (AvgIpc) is 3.10. The maximum atomic E-state index is 14.2. The van der Waals surface area contributed by atoms with E-state index in [-0.39, 0.29) is 34.4 Å². The van der Waals surface area contributed by atoms with Crippen LogP contribution in [-0.4, -0.2) is 35.8 Å². The fourth-order valence-electron chi connectivity index (χ4n) is 8.21. The molecule has 3 aliphatic carbocycles. The standard InChI is InChI=1S/C27H34F2N2O2/c1-15-14-21-27(3,13-11-22(32)31(21)4)18-10-12-26(2)17(23(15)18)8-9-20(26)30-25(33)16-6-5-7-19(28)24(16)29/h5-7,11,13,15,17-18,20-21,23H,8-10,12,14H2,1-4H3,(H,30,33)/t15?,17-,18+,20?,21?,23-,26-,27+/m0/s1. The molecule has 178 valence electrons. The van der Waals surface area contributed by atoms with Crippen LogP contribution in [0.3, 0.4) is 0 Å². The van der Waals surface area contributed by atoms with E-state index < -0.39 is 17.5 Å². The van der Waals surface area contributed by atoms with E-state index in [1.165, 1.54) is 12.1 Å². The fraction of sp³-hybridized carbons (Fsp3) is 0.630. The van der Waals surface area contributed by atoms with Gasteiger partial charge in [-0.3, -0.25) is 9.59 Å². The molecule has 0 aromatic heterocycles. The Labute approximate surface area is 194 Å². The Morgan fingerprint density at radius 2 is 1.91 bits per heavy atom. The van der Waals surface area contributed by atoms with Gasteiger partial charge in [0.05, 0.1) is 5.56 Å². The largest absolute Gasteiger partial charge is 0.349 e. The monoisotopic (exact) mass is 456 g/mol. The van der Waals surface area contributed by atoms with Crippen LogP contribution in [0.4, 0.5) is 8.78 Å². The van der Waals surface area contributed by atoms with Crippen LogP contribution in [0.1, 0.15) is 63.2 Å². The van der Waals surface area contributed by atoms with E-state index in [9.17, 15) is 18.4 Å². The Morgan fingerprint density at radius 3 is 2.67 bits per heavy atom. The van der Waals surface area contributed by atoms with Gasteiger partial charge in [0.15, 0.2) is 11.6 Å². The van der Waals surface area contributed by atoms with E-state index in [4.69, 9.17) is 0 Å². The molecule has 1 N–H and O–H groups in total. The molecule has 1 aromatic rings. The summed E-state index contributed by atoms with van der Waals surface area (Å²) in [5.74, 6) is -0.563. The van der Waals surface area contributed by atoms with Crippen molar-refractivity contribution >= 4 is 11.8 Å². The van der Waals surface area contributed by atoms with Crippen LogP contribution < -0.4 is 5.32 Å². The number of nitrogens with one attached hydrogen (secondary N) is 1. The van der Waals surface area contributed by atoms with E-state index in [1.54, 1.807) is 6.08 Å². The molecule has 2 amide bonds. The Balaban J connectivity index is 1.41. The van der Waals surface area contributed by atoms with Crippen molar-refractivity contribution in [2.24, 2.45) is 34.5 Å². The summed E-state index contributed by atoms with van der Waals surface area (Å²) in [5.41, 5.74) is -0.331. The molecule has 0 bridgehead atoms. The molecule has 1 heterocycles. The molecular formula is C27H34F2N2O2. The first-order valence-electron chi connectivity index (χ1n) is 12.3. The second kappa shape index (κ2) is 7.64. The lowest BCUT2D eigenvalue weighted by Crippen LogP contribution is -2.62. The third-order valence-corrected chi connectivity index (χ3v) is 10.0. The summed E-state index contributed by atoms with van der Waals surface area (Å²) in [5, 5.41) is 3.08. The third-order valence-electron chi connectivity index (χ3n) is 10.0. The smallest absolute Gasteiger partial charge is 0.254 e. The predicted octanol–water partition coefficient (Wildman–Crippen LogP) is 4.95. The number of carbonyl (C=O) groups excluding carboxylic acids is 2. The van der Waals surface area contributed by atoms with Crippen LogP contribution in [0.2, 0.25) is 0 Å². The van der Waals surface area contributed by atoms with Gasteiger partial charge in [-0.25, -0.2) is 8.78 Å². The lowest BCUT2D eigenvalue weighted by Gasteiger charge is -2.62. The summed E-state index contributed by atoms with van der Waals surface area (Å²) >= 11 is 0. The molecule has 6 heteroatoms. The van der Waals surface area contributed by atoms with Gasteiger partial charge in [-0.2, -0.15) is 0 Å². The molecule has 5 rings (SSSR count). The van der Waals surface area contributed by atoms with Gasteiger partial charge in [-0.1, -0.05) is 32.9 Å². The minimum Gasteiger partial charge on any atom is -0.349 e. The first kappa shape index (κ1) is 22.5. The highest BCUT2D eigenvalue weighted by atomic mass is 19.2. The number of rotatable bonds is 2. The Kier molecular flexibility index (Phi) is 5.22. The van der Waals surface area contributed by atoms with Crippen LogP contribution in [0.25, 0.3) is 0 Å². The highest BCUT2D eigenvalue weighted by Gasteiger charge is 2.62. The molecule has 0 saturated heterocycles. The summed E-state index contributed by atoms with van der Waals surface area (Å²) in [4.78, 5) is 27.2. The molecule has 3 unspecified atom stereocenters. The topological polar surface area (TPSA) is 49.4 Å². The van der Waals surface area contributed by atoms with Crippen LogP contribution in [0, 0.1) is 46.1 Å². The zero-order valence-electron chi connectivity index (χ0n) is 19.9.